The second kappa shape index (κ2) is 8.43. The molecule has 0 aliphatic carbocycles. The van der Waals surface area contributed by atoms with Crippen LogP contribution in [0.2, 0.25) is 0 Å². The van der Waals surface area contributed by atoms with E-state index in [-0.39, 0.29) is 17.2 Å². The van der Waals surface area contributed by atoms with Gasteiger partial charge in [0.15, 0.2) is 0 Å². The molecule has 100 valence electrons. The lowest BCUT2D eigenvalue weighted by Gasteiger charge is -2.06. The topological polar surface area (TPSA) is 80.7 Å². The van der Waals surface area contributed by atoms with Crippen molar-refractivity contribution >= 4 is 5.91 Å². The van der Waals surface area contributed by atoms with Crippen LogP contribution in [0, 0.1) is 0 Å². The molecule has 0 saturated carbocycles. The maximum atomic E-state index is 11.6. The van der Waals surface area contributed by atoms with E-state index in [1.807, 2.05) is 0 Å². The second-order valence-corrected chi connectivity index (χ2v) is 3.61. The van der Waals surface area contributed by atoms with E-state index < -0.39 is 0 Å². The van der Waals surface area contributed by atoms with Crippen molar-refractivity contribution in [3.05, 3.63) is 24.0 Å². The van der Waals surface area contributed by atoms with Crippen LogP contribution in [0.15, 0.2) is 18.5 Å². The number of amides is 1. The molecule has 0 unspecified atom stereocenters. The lowest BCUT2D eigenvalue weighted by Crippen LogP contribution is -2.25. The van der Waals surface area contributed by atoms with Crippen molar-refractivity contribution in [2.45, 2.75) is 6.42 Å². The van der Waals surface area contributed by atoms with Crippen molar-refractivity contribution in [2.24, 2.45) is 0 Å². The Labute approximate surface area is 106 Å². The van der Waals surface area contributed by atoms with Crippen molar-refractivity contribution in [1.82, 2.24) is 10.3 Å². The number of nitrogens with zero attached hydrogens (tertiary/aromatic N) is 1. The molecule has 0 spiro atoms. The van der Waals surface area contributed by atoms with Crippen LogP contribution in [0.1, 0.15) is 16.8 Å². The molecule has 2 N–H and O–H groups in total. The minimum Gasteiger partial charge on any atom is -0.505 e. The van der Waals surface area contributed by atoms with Crippen molar-refractivity contribution < 1.29 is 19.4 Å². The number of aromatic hydroxyl groups is 1. The van der Waals surface area contributed by atoms with Gasteiger partial charge in [-0.05, 0) is 12.5 Å². The summed E-state index contributed by atoms with van der Waals surface area (Å²) >= 11 is 0. The Bertz CT molecular complexity index is 371. The number of methoxy groups -OCH3 is 1. The Balaban J connectivity index is 2.16. The summed E-state index contributed by atoms with van der Waals surface area (Å²) in [7, 11) is 1.62. The van der Waals surface area contributed by atoms with Crippen LogP contribution in [0.25, 0.3) is 0 Å². The van der Waals surface area contributed by atoms with Crippen LogP contribution in [0.3, 0.4) is 0 Å². The highest BCUT2D eigenvalue weighted by atomic mass is 16.5. The highest BCUT2D eigenvalue weighted by Crippen LogP contribution is 2.12. The van der Waals surface area contributed by atoms with Crippen molar-refractivity contribution in [3.8, 4) is 5.75 Å². The summed E-state index contributed by atoms with van der Waals surface area (Å²) < 4.78 is 10.1. The fourth-order valence-corrected chi connectivity index (χ4v) is 1.29. The minimum absolute atomic E-state index is 0.119. The largest absolute Gasteiger partial charge is 0.505 e. The summed E-state index contributed by atoms with van der Waals surface area (Å²) in [6.45, 7) is 2.17. The summed E-state index contributed by atoms with van der Waals surface area (Å²) in [5.41, 5.74) is 0.227. The van der Waals surface area contributed by atoms with E-state index in [1.54, 1.807) is 7.11 Å². The molecule has 1 rings (SSSR count). The number of ether oxygens (including phenoxy) is 2. The number of carbonyl (C=O) groups is 1. The maximum absolute atomic E-state index is 11.6. The lowest BCUT2D eigenvalue weighted by atomic mass is 10.2. The average molecular weight is 254 g/mol. The minimum atomic E-state index is -0.313. The third-order valence-corrected chi connectivity index (χ3v) is 2.23. The predicted molar refractivity (Wildman–Crippen MR) is 65.5 cm³/mol. The van der Waals surface area contributed by atoms with E-state index in [1.165, 1.54) is 18.5 Å². The molecule has 0 radical (unpaired) electrons. The zero-order chi connectivity index (χ0) is 13.2. The van der Waals surface area contributed by atoms with Crippen LogP contribution in [0.4, 0.5) is 0 Å². The Morgan fingerprint density at radius 3 is 3.00 bits per heavy atom. The van der Waals surface area contributed by atoms with Crippen molar-refractivity contribution in [3.63, 3.8) is 0 Å². The van der Waals surface area contributed by atoms with E-state index >= 15 is 0 Å². The molecule has 18 heavy (non-hydrogen) atoms. The fourth-order valence-electron chi connectivity index (χ4n) is 1.29. The first kappa shape index (κ1) is 14.4. The van der Waals surface area contributed by atoms with Gasteiger partial charge in [0, 0.05) is 26.5 Å². The summed E-state index contributed by atoms with van der Waals surface area (Å²) in [6.07, 6.45) is 3.41. The SMILES string of the molecule is COCCOCCCNC(=O)c1ccncc1O. The summed E-state index contributed by atoms with van der Waals surface area (Å²) in [6, 6.07) is 1.47. The third-order valence-electron chi connectivity index (χ3n) is 2.23. The molecule has 6 heteroatoms. The number of rotatable bonds is 8. The number of aromatic nitrogens is 1. The highest BCUT2D eigenvalue weighted by Gasteiger charge is 2.09. The third kappa shape index (κ3) is 5.11. The van der Waals surface area contributed by atoms with Gasteiger partial charge in [0.1, 0.15) is 5.75 Å². The van der Waals surface area contributed by atoms with E-state index in [4.69, 9.17) is 9.47 Å². The quantitative estimate of drug-likeness (QED) is 0.663. The first-order chi connectivity index (χ1) is 8.75. The van der Waals surface area contributed by atoms with Gasteiger partial charge in [0.05, 0.1) is 25.0 Å². The van der Waals surface area contributed by atoms with E-state index in [0.29, 0.717) is 32.8 Å². The van der Waals surface area contributed by atoms with Gasteiger partial charge in [-0.15, -0.1) is 0 Å². The Kier molecular flexibility index (Phi) is 6.75. The van der Waals surface area contributed by atoms with Gasteiger partial charge in [0.2, 0.25) is 0 Å². The van der Waals surface area contributed by atoms with E-state index in [2.05, 4.69) is 10.3 Å². The number of pyridine rings is 1. The van der Waals surface area contributed by atoms with E-state index in [0.717, 1.165) is 0 Å². The molecule has 0 saturated heterocycles. The van der Waals surface area contributed by atoms with Gasteiger partial charge < -0.3 is 19.9 Å². The summed E-state index contributed by atoms with van der Waals surface area (Å²) in [4.78, 5) is 15.3. The van der Waals surface area contributed by atoms with Gasteiger partial charge in [-0.3, -0.25) is 9.78 Å². The monoisotopic (exact) mass is 254 g/mol. The average Bonchev–Trinajstić information content (AvgIpc) is 2.38. The zero-order valence-corrected chi connectivity index (χ0v) is 10.4. The molecule has 1 amide bonds. The number of carbonyl (C=O) groups excluding carboxylic acids is 1. The van der Waals surface area contributed by atoms with Crippen LogP contribution < -0.4 is 5.32 Å². The first-order valence-electron chi connectivity index (χ1n) is 5.73. The molecular formula is C12H18N2O4. The highest BCUT2D eigenvalue weighted by molar-refractivity contribution is 5.96. The maximum Gasteiger partial charge on any atom is 0.255 e. The van der Waals surface area contributed by atoms with Crippen LogP contribution in [-0.2, 0) is 9.47 Å². The molecule has 1 aromatic heterocycles. The first-order valence-corrected chi connectivity index (χ1v) is 5.73. The standard InChI is InChI=1S/C12H18N2O4/c1-17-7-8-18-6-2-4-14-12(16)10-3-5-13-9-11(10)15/h3,5,9,15H,2,4,6-8H2,1H3,(H,14,16). The fraction of sp³-hybridized carbons (Fsp3) is 0.500. The normalized spacial score (nSPS) is 10.3. The molecule has 6 nitrogen and oxygen atoms in total. The smallest absolute Gasteiger partial charge is 0.255 e. The molecule has 1 aromatic rings. The Morgan fingerprint density at radius 2 is 2.28 bits per heavy atom. The Hall–Kier alpha value is -1.66. The molecule has 0 aliphatic heterocycles. The zero-order valence-electron chi connectivity index (χ0n) is 10.4. The van der Waals surface area contributed by atoms with Crippen LogP contribution in [0.5, 0.6) is 5.75 Å². The second-order valence-electron chi connectivity index (χ2n) is 3.61. The number of nitrogens with one attached hydrogen (secondary N) is 1. The number of hydrogen-bond acceptors (Lipinski definition) is 5. The lowest BCUT2D eigenvalue weighted by molar-refractivity contribution is 0.0688. The summed E-state index contributed by atoms with van der Waals surface area (Å²) in [5, 5.41) is 12.1. The van der Waals surface area contributed by atoms with Gasteiger partial charge in [-0.2, -0.15) is 0 Å². The number of hydrogen-bond donors (Lipinski definition) is 2. The molecule has 1 heterocycles. The van der Waals surface area contributed by atoms with Crippen molar-refractivity contribution in [2.75, 3.05) is 33.5 Å². The predicted octanol–water partition coefficient (Wildman–Crippen LogP) is 0.570. The van der Waals surface area contributed by atoms with Gasteiger partial charge in [-0.25, -0.2) is 0 Å². The van der Waals surface area contributed by atoms with Crippen LogP contribution >= 0.6 is 0 Å². The van der Waals surface area contributed by atoms with Gasteiger partial charge in [-0.1, -0.05) is 0 Å². The molecule has 0 atom stereocenters. The molecule has 0 aromatic carbocycles. The van der Waals surface area contributed by atoms with Crippen LogP contribution in [-0.4, -0.2) is 49.5 Å². The van der Waals surface area contributed by atoms with E-state index in [9.17, 15) is 9.90 Å². The molecule has 0 bridgehead atoms. The molecule has 0 aliphatic rings. The molecule has 0 fully saturated rings. The van der Waals surface area contributed by atoms with Gasteiger partial charge in [0.25, 0.3) is 5.91 Å². The Morgan fingerprint density at radius 1 is 1.44 bits per heavy atom. The van der Waals surface area contributed by atoms with Crippen molar-refractivity contribution in [1.29, 1.82) is 0 Å². The van der Waals surface area contributed by atoms with Gasteiger partial charge >= 0.3 is 0 Å². The summed E-state index contributed by atoms with van der Waals surface area (Å²) in [5.74, 6) is -0.432. The molecular weight excluding hydrogens is 236 g/mol.